The number of benzene rings is 2. The number of H-pyrrole nitrogens is 1. The van der Waals surface area contributed by atoms with E-state index >= 15 is 0 Å². The summed E-state index contributed by atoms with van der Waals surface area (Å²) in [6.45, 7) is 0.307. The van der Waals surface area contributed by atoms with Crippen molar-refractivity contribution in [2.24, 2.45) is 0 Å². The van der Waals surface area contributed by atoms with Crippen molar-refractivity contribution in [1.82, 2.24) is 14.9 Å². The van der Waals surface area contributed by atoms with Gasteiger partial charge in [-0.05, 0) is 36.2 Å². The first-order chi connectivity index (χ1) is 12.2. The molecule has 1 amide bonds. The highest BCUT2D eigenvalue weighted by molar-refractivity contribution is 6.05. The van der Waals surface area contributed by atoms with E-state index in [2.05, 4.69) is 9.97 Å². The average molecular weight is 337 g/mol. The van der Waals surface area contributed by atoms with Gasteiger partial charge in [-0.3, -0.25) is 4.79 Å². The lowest BCUT2D eigenvalue weighted by molar-refractivity contribution is 0.0717. The quantitative estimate of drug-likeness (QED) is 0.770. The van der Waals surface area contributed by atoms with Gasteiger partial charge < -0.3 is 19.7 Å². The van der Waals surface area contributed by atoms with Gasteiger partial charge >= 0.3 is 0 Å². The molecule has 6 nitrogen and oxygen atoms in total. The molecule has 0 radical (unpaired) electrons. The van der Waals surface area contributed by atoms with Gasteiger partial charge in [0, 0.05) is 6.54 Å². The third-order valence-corrected chi connectivity index (χ3v) is 4.70. The molecule has 1 aliphatic heterocycles. The molecule has 6 heteroatoms. The van der Waals surface area contributed by atoms with Crippen LogP contribution in [0.4, 0.5) is 0 Å². The van der Waals surface area contributed by atoms with Crippen LogP contribution in [0.1, 0.15) is 28.4 Å². The molecule has 1 aliphatic rings. The van der Waals surface area contributed by atoms with E-state index in [1.807, 2.05) is 36.4 Å². The van der Waals surface area contributed by atoms with Crippen molar-refractivity contribution in [3.8, 4) is 5.75 Å². The number of carbonyl (C=O) groups excluding carboxylic acids is 1. The first-order valence-corrected chi connectivity index (χ1v) is 8.22. The fourth-order valence-corrected chi connectivity index (χ4v) is 3.50. The van der Waals surface area contributed by atoms with E-state index in [-0.39, 0.29) is 11.9 Å². The van der Waals surface area contributed by atoms with E-state index in [0.29, 0.717) is 24.0 Å². The van der Waals surface area contributed by atoms with Crippen molar-refractivity contribution in [1.29, 1.82) is 0 Å². The number of fused-ring (bicyclic) bond motifs is 1. The van der Waals surface area contributed by atoms with E-state index in [4.69, 9.17) is 4.74 Å². The molecular formula is C19H19N3O3. The topological polar surface area (TPSA) is 78.5 Å². The van der Waals surface area contributed by atoms with Gasteiger partial charge in [0.2, 0.25) is 0 Å². The summed E-state index contributed by atoms with van der Waals surface area (Å²) in [6.07, 6.45) is 1.55. The van der Waals surface area contributed by atoms with Gasteiger partial charge in [0.25, 0.3) is 5.91 Å². The Morgan fingerprint density at radius 1 is 1.32 bits per heavy atom. The Labute approximate surface area is 145 Å². The van der Waals surface area contributed by atoms with Crippen molar-refractivity contribution in [3.63, 3.8) is 0 Å². The number of carbonyl (C=O) groups is 1. The summed E-state index contributed by atoms with van der Waals surface area (Å²) in [5, 5.41) is 10.2. The number of methoxy groups -OCH3 is 1. The Morgan fingerprint density at radius 3 is 3.00 bits per heavy atom. The number of ether oxygens (including phenoxy) is 1. The van der Waals surface area contributed by atoms with E-state index in [1.54, 1.807) is 24.4 Å². The van der Waals surface area contributed by atoms with Gasteiger partial charge in [-0.15, -0.1) is 0 Å². The number of aliphatic hydroxyl groups excluding tert-OH is 1. The molecular weight excluding hydrogens is 318 g/mol. The standard InChI is InChI=1S/C19H19N3O3/c1-25-14-5-2-4-12(8-14)17-9-13(23)10-22(17)19(24)15-6-3-7-16-18(15)21-11-20-16/h2-8,11,13,17,23H,9-10H2,1H3,(H,20,21)/t13-,17+/m0/s1. The van der Waals surface area contributed by atoms with E-state index in [1.165, 1.54) is 0 Å². The molecule has 25 heavy (non-hydrogen) atoms. The molecule has 1 aromatic heterocycles. The molecule has 4 rings (SSSR count). The summed E-state index contributed by atoms with van der Waals surface area (Å²) >= 11 is 0. The van der Waals surface area contributed by atoms with Crippen LogP contribution in [0.5, 0.6) is 5.75 Å². The van der Waals surface area contributed by atoms with Crippen molar-refractivity contribution in [2.45, 2.75) is 18.6 Å². The first-order valence-electron chi connectivity index (χ1n) is 8.22. The summed E-state index contributed by atoms with van der Waals surface area (Å²) in [5.41, 5.74) is 2.97. The highest BCUT2D eigenvalue weighted by Crippen LogP contribution is 2.35. The van der Waals surface area contributed by atoms with E-state index < -0.39 is 6.10 Å². The number of hydrogen-bond acceptors (Lipinski definition) is 4. The third-order valence-electron chi connectivity index (χ3n) is 4.70. The number of aromatic nitrogens is 2. The molecule has 2 heterocycles. The molecule has 0 aliphatic carbocycles. The number of rotatable bonds is 3. The van der Waals surface area contributed by atoms with Gasteiger partial charge in [-0.2, -0.15) is 0 Å². The van der Waals surface area contributed by atoms with Crippen LogP contribution in [0.15, 0.2) is 48.8 Å². The van der Waals surface area contributed by atoms with Crippen molar-refractivity contribution in [2.75, 3.05) is 13.7 Å². The Hall–Kier alpha value is -2.86. The molecule has 1 saturated heterocycles. The van der Waals surface area contributed by atoms with Crippen LogP contribution in [0, 0.1) is 0 Å². The SMILES string of the molecule is COc1cccc([C@H]2C[C@H](O)CN2C(=O)c2cccc3[nH]cnc23)c1. The van der Waals surface area contributed by atoms with Crippen molar-refractivity contribution < 1.29 is 14.6 Å². The fourth-order valence-electron chi connectivity index (χ4n) is 3.50. The number of imidazole rings is 1. The van der Waals surface area contributed by atoms with Crippen LogP contribution in [-0.2, 0) is 0 Å². The van der Waals surface area contributed by atoms with Gasteiger partial charge in [0.1, 0.15) is 11.3 Å². The molecule has 2 atom stereocenters. The van der Waals surface area contributed by atoms with E-state index in [0.717, 1.165) is 16.8 Å². The minimum Gasteiger partial charge on any atom is -0.497 e. The third kappa shape index (κ3) is 2.74. The van der Waals surface area contributed by atoms with E-state index in [9.17, 15) is 9.90 Å². The van der Waals surface area contributed by atoms with Gasteiger partial charge in [0.05, 0.1) is 36.7 Å². The van der Waals surface area contributed by atoms with Crippen LogP contribution in [0.25, 0.3) is 11.0 Å². The Morgan fingerprint density at radius 2 is 2.16 bits per heavy atom. The molecule has 2 N–H and O–H groups in total. The zero-order valence-corrected chi connectivity index (χ0v) is 13.8. The number of likely N-dealkylation sites (tertiary alicyclic amines) is 1. The minimum atomic E-state index is -0.543. The lowest BCUT2D eigenvalue weighted by Gasteiger charge is -2.25. The second-order valence-corrected chi connectivity index (χ2v) is 6.24. The zero-order chi connectivity index (χ0) is 17.4. The maximum absolute atomic E-state index is 13.2. The number of nitrogens with one attached hydrogen (secondary N) is 1. The maximum Gasteiger partial charge on any atom is 0.256 e. The monoisotopic (exact) mass is 337 g/mol. The summed E-state index contributed by atoms with van der Waals surface area (Å²) in [4.78, 5) is 22.2. The second-order valence-electron chi connectivity index (χ2n) is 6.24. The van der Waals surface area contributed by atoms with Crippen LogP contribution in [0.2, 0.25) is 0 Å². The predicted molar refractivity (Wildman–Crippen MR) is 93.5 cm³/mol. The van der Waals surface area contributed by atoms with Crippen LogP contribution < -0.4 is 4.74 Å². The number of aliphatic hydroxyl groups is 1. The minimum absolute atomic E-state index is 0.123. The molecule has 3 aromatic rings. The summed E-state index contributed by atoms with van der Waals surface area (Å²) < 4.78 is 5.29. The molecule has 0 saturated carbocycles. The maximum atomic E-state index is 13.2. The summed E-state index contributed by atoms with van der Waals surface area (Å²) in [7, 11) is 1.61. The number of nitrogens with zero attached hydrogens (tertiary/aromatic N) is 2. The number of amides is 1. The molecule has 128 valence electrons. The predicted octanol–water partition coefficient (Wildman–Crippen LogP) is 2.52. The lowest BCUT2D eigenvalue weighted by atomic mass is 10.0. The van der Waals surface area contributed by atoms with Crippen molar-refractivity contribution in [3.05, 3.63) is 59.9 Å². The van der Waals surface area contributed by atoms with Crippen LogP contribution >= 0.6 is 0 Å². The highest BCUT2D eigenvalue weighted by Gasteiger charge is 2.36. The Kier molecular flexibility index (Phi) is 3.89. The summed E-state index contributed by atoms with van der Waals surface area (Å²) in [5.74, 6) is 0.614. The average Bonchev–Trinajstić information content (AvgIpc) is 3.27. The normalized spacial score (nSPS) is 20.2. The van der Waals surface area contributed by atoms with Gasteiger partial charge in [0.15, 0.2) is 0 Å². The highest BCUT2D eigenvalue weighted by atomic mass is 16.5. The molecule has 2 aromatic carbocycles. The number of hydrogen-bond donors (Lipinski definition) is 2. The Balaban J connectivity index is 1.72. The van der Waals surface area contributed by atoms with Crippen LogP contribution in [0.3, 0.4) is 0 Å². The number of aromatic amines is 1. The fraction of sp³-hybridized carbons (Fsp3) is 0.263. The van der Waals surface area contributed by atoms with Gasteiger partial charge in [-0.1, -0.05) is 18.2 Å². The molecule has 0 bridgehead atoms. The number of para-hydroxylation sites is 1. The zero-order valence-electron chi connectivity index (χ0n) is 13.8. The van der Waals surface area contributed by atoms with Crippen molar-refractivity contribution >= 4 is 16.9 Å². The molecule has 0 unspecified atom stereocenters. The lowest BCUT2D eigenvalue weighted by Crippen LogP contribution is -2.32. The molecule has 1 fully saturated rings. The first kappa shape index (κ1) is 15.7. The smallest absolute Gasteiger partial charge is 0.256 e. The largest absolute Gasteiger partial charge is 0.497 e. The van der Waals surface area contributed by atoms with Gasteiger partial charge in [-0.25, -0.2) is 4.98 Å². The summed E-state index contributed by atoms with van der Waals surface area (Å²) in [6, 6.07) is 12.9. The molecule has 0 spiro atoms. The Bertz CT molecular complexity index is 921. The second kappa shape index (κ2) is 6.22. The van der Waals surface area contributed by atoms with Crippen LogP contribution in [-0.4, -0.2) is 45.6 Å². The number of β-amino-alcohol motifs (C(OH)–C–C–N with tert-alkyl or cyclic N) is 1.